The van der Waals surface area contributed by atoms with E-state index in [0.717, 1.165) is 41.4 Å². The molecule has 3 rings (SSSR count). The molecule has 0 radical (unpaired) electrons. The first-order valence-corrected chi connectivity index (χ1v) is 8.78. The summed E-state index contributed by atoms with van der Waals surface area (Å²) in [5.41, 5.74) is 2.20. The first kappa shape index (κ1) is 17.9. The molecule has 4 nitrogen and oxygen atoms in total. The molecule has 0 aliphatic carbocycles. The Kier molecular flexibility index (Phi) is 5.84. The lowest BCUT2D eigenvalue weighted by Gasteiger charge is -2.28. The van der Waals surface area contributed by atoms with Crippen LogP contribution >= 0.6 is 0 Å². The van der Waals surface area contributed by atoms with E-state index < -0.39 is 0 Å². The average Bonchev–Trinajstić information content (AvgIpc) is 2.69. The van der Waals surface area contributed by atoms with Crippen LogP contribution in [-0.2, 0) is 6.42 Å². The number of benzene rings is 2. The zero-order chi connectivity index (χ0) is 18.4. The fourth-order valence-corrected chi connectivity index (χ4v) is 2.94. The van der Waals surface area contributed by atoms with Crippen LogP contribution in [0, 0.1) is 0 Å². The van der Waals surface area contributed by atoms with Crippen LogP contribution in [0.3, 0.4) is 0 Å². The molecule has 1 heterocycles. The van der Waals surface area contributed by atoms with Gasteiger partial charge in [0.05, 0.1) is 19.6 Å². The fraction of sp³-hybridized carbons (Fsp3) is 0.273. The summed E-state index contributed by atoms with van der Waals surface area (Å²) in [6, 6.07) is 11.8. The van der Waals surface area contributed by atoms with Gasteiger partial charge in [0.15, 0.2) is 0 Å². The second-order valence-electron chi connectivity index (χ2n) is 5.99. The number of hydrogen-bond donors (Lipinski definition) is 0. The van der Waals surface area contributed by atoms with E-state index in [1.165, 1.54) is 5.56 Å². The van der Waals surface area contributed by atoms with Gasteiger partial charge in [-0.05, 0) is 50.5 Å². The zero-order valence-electron chi connectivity index (χ0n) is 15.4. The summed E-state index contributed by atoms with van der Waals surface area (Å²) in [7, 11) is 1.66. The van der Waals surface area contributed by atoms with Crippen LogP contribution in [0.2, 0.25) is 0 Å². The molecule has 1 atom stereocenters. The lowest BCUT2D eigenvalue weighted by Crippen LogP contribution is -2.16. The number of aryl methyl sites for hydroxylation is 1. The number of rotatable bonds is 6. The van der Waals surface area contributed by atoms with Crippen molar-refractivity contribution in [2.75, 3.05) is 7.11 Å². The molecule has 136 valence electrons. The SMILES string of the molecule is CC=COc1ccc(C2CCc3ccc(OC)cc3O2)c(OC=CC)c1. The number of allylic oxidation sites excluding steroid dienone is 2. The van der Waals surface area contributed by atoms with Gasteiger partial charge in [-0.2, -0.15) is 0 Å². The van der Waals surface area contributed by atoms with Gasteiger partial charge in [-0.25, -0.2) is 0 Å². The minimum Gasteiger partial charge on any atom is -0.497 e. The Hall–Kier alpha value is -2.88. The highest BCUT2D eigenvalue weighted by Gasteiger charge is 2.25. The van der Waals surface area contributed by atoms with Crippen LogP contribution in [0.5, 0.6) is 23.0 Å². The molecular formula is C22H24O4. The predicted octanol–water partition coefficient (Wildman–Crippen LogP) is 5.59. The van der Waals surface area contributed by atoms with Gasteiger partial charge < -0.3 is 18.9 Å². The maximum atomic E-state index is 6.26. The second kappa shape index (κ2) is 8.48. The number of ether oxygens (including phenoxy) is 4. The average molecular weight is 352 g/mol. The fourth-order valence-electron chi connectivity index (χ4n) is 2.94. The summed E-state index contributed by atoms with van der Waals surface area (Å²) in [5, 5.41) is 0. The zero-order valence-corrected chi connectivity index (χ0v) is 15.4. The Morgan fingerprint density at radius 2 is 1.73 bits per heavy atom. The summed E-state index contributed by atoms with van der Waals surface area (Å²) in [6.45, 7) is 3.83. The van der Waals surface area contributed by atoms with E-state index in [-0.39, 0.29) is 6.10 Å². The quantitative estimate of drug-likeness (QED) is 0.635. The van der Waals surface area contributed by atoms with Crippen molar-refractivity contribution in [1.29, 1.82) is 0 Å². The molecular weight excluding hydrogens is 328 g/mol. The Labute approximate surface area is 154 Å². The first-order valence-electron chi connectivity index (χ1n) is 8.78. The van der Waals surface area contributed by atoms with Crippen LogP contribution in [0.25, 0.3) is 0 Å². The van der Waals surface area contributed by atoms with Crippen molar-refractivity contribution in [2.45, 2.75) is 32.8 Å². The van der Waals surface area contributed by atoms with E-state index in [9.17, 15) is 0 Å². The Balaban J connectivity index is 1.89. The molecule has 0 saturated carbocycles. The smallest absolute Gasteiger partial charge is 0.137 e. The van der Waals surface area contributed by atoms with Crippen molar-refractivity contribution < 1.29 is 18.9 Å². The molecule has 0 saturated heterocycles. The van der Waals surface area contributed by atoms with Gasteiger partial charge in [-0.3, -0.25) is 0 Å². The van der Waals surface area contributed by atoms with E-state index in [2.05, 4.69) is 6.07 Å². The Morgan fingerprint density at radius 3 is 2.50 bits per heavy atom. The van der Waals surface area contributed by atoms with Crippen molar-refractivity contribution in [3.8, 4) is 23.0 Å². The maximum absolute atomic E-state index is 6.26. The molecule has 0 aromatic heterocycles. The highest BCUT2D eigenvalue weighted by molar-refractivity contribution is 5.46. The van der Waals surface area contributed by atoms with E-state index in [4.69, 9.17) is 18.9 Å². The highest BCUT2D eigenvalue weighted by Crippen LogP contribution is 2.40. The first-order chi connectivity index (χ1) is 12.7. The van der Waals surface area contributed by atoms with Gasteiger partial charge >= 0.3 is 0 Å². The van der Waals surface area contributed by atoms with Crippen LogP contribution in [0.15, 0.2) is 61.1 Å². The van der Waals surface area contributed by atoms with Gasteiger partial charge in [0.1, 0.15) is 29.1 Å². The van der Waals surface area contributed by atoms with Gasteiger partial charge in [0, 0.05) is 17.7 Å². The van der Waals surface area contributed by atoms with E-state index in [1.54, 1.807) is 19.6 Å². The molecule has 0 fully saturated rings. The standard InChI is InChI=1S/C22H24O4/c1-4-12-24-18-9-10-19(22(15-18)25-13-5-2)20-11-7-16-6-8-17(23-3)14-21(16)26-20/h4-6,8-10,12-15,20H,7,11H2,1-3H3. The van der Waals surface area contributed by atoms with Crippen LogP contribution in [-0.4, -0.2) is 7.11 Å². The molecule has 0 amide bonds. The predicted molar refractivity (Wildman–Crippen MR) is 102 cm³/mol. The molecule has 0 bridgehead atoms. The minimum absolute atomic E-state index is 0.0781. The monoisotopic (exact) mass is 352 g/mol. The number of hydrogen-bond acceptors (Lipinski definition) is 4. The van der Waals surface area contributed by atoms with Gasteiger partial charge in [-0.15, -0.1) is 0 Å². The van der Waals surface area contributed by atoms with Gasteiger partial charge in [0.25, 0.3) is 0 Å². The molecule has 0 N–H and O–H groups in total. The molecule has 1 aliphatic rings. The van der Waals surface area contributed by atoms with Crippen molar-refractivity contribution >= 4 is 0 Å². The minimum atomic E-state index is -0.0781. The van der Waals surface area contributed by atoms with Crippen molar-refractivity contribution in [1.82, 2.24) is 0 Å². The highest BCUT2D eigenvalue weighted by atomic mass is 16.5. The lowest BCUT2D eigenvalue weighted by atomic mass is 9.96. The third-order valence-electron chi connectivity index (χ3n) is 4.22. The largest absolute Gasteiger partial charge is 0.497 e. The number of methoxy groups -OCH3 is 1. The van der Waals surface area contributed by atoms with Crippen molar-refractivity contribution in [2.24, 2.45) is 0 Å². The van der Waals surface area contributed by atoms with E-state index >= 15 is 0 Å². The Bertz CT molecular complexity index is 808. The molecule has 0 spiro atoms. The lowest BCUT2D eigenvalue weighted by molar-refractivity contribution is 0.172. The van der Waals surface area contributed by atoms with Crippen LogP contribution in [0.4, 0.5) is 0 Å². The van der Waals surface area contributed by atoms with Crippen LogP contribution in [0.1, 0.15) is 37.5 Å². The van der Waals surface area contributed by atoms with Crippen molar-refractivity contribution in [3.05, 3.63) is 72.2 Å². The van der Waals surface area contributed by atoms with Gasteiger partial charge in [0.2, 0.25) is 0 Å². The maximum Gasteiger partial charge on any atom is 0.137 e. The summed E-state index contributed by atoms with van der Waals surface area (Å²) < 4.78 is 22.9. The van der Waals surface area contributed by atoms with E-state index in [1.807, 2.05) is 56.3 Å². The molecule has 1 unspecified atom stereocenters. The summed E-state index contributed by atoms with van der Waals surface area (Å²) in [4.78, 5) is 0. The molecule has 2 aromatic carbocycles. The third kappa shape index (κ3) is 4.02. The van der Waals surface area contributed by atoms with Crippen LogP contribution < -0.4 is 18.9 Å². The molecule has 4 heteroatoms. The Morgan fingerprint density at radius 1 is 0.962 bits per heavy atom. The van der Waals surface area contributed by atoms with Crippen molar-refractivity contribution in [3.63, 3.8) is 0 Å². The molecule has 26 heavy (non-hydrogen) atoms. The summed E-state index contributed by atoms with van der Waals surface area (Å²) >= 11 is 0. The van der Waals surface area contributed by atoms with E-state index in [0.29, 0.717) is 0 Å². The third-order valence-corrected chi connectivity index (χ3v) is 4.22. The molecule has 1 aliphatic heterocycles. The normalized spacial score (nSPS) is 16.3. The number of fused-ring (bicyclic) bond motifs is 1. The summed E-state index contributed by atoms with van der Waals surface area (Å²) in [5.74, 6) is 3.13. The second-order valence-corrected chi connectivity index (χ2v) is 5.99. The van der Waals surface area contributed by atoms with Gasteiger partial charge in [-0.1, -0.05) is 18.2 Å². The topological polar surface area (TPSA) is 36.9 Å². The molecule has 2 aromatic rings. The summed E-state index contributed by atoms with van der Waals surface area (Å²) in [6.07, 6.45) is 8.77.